The Kier molecular flexibility index (Phi) is 5.41. The Bertz CT molecular complexity index is 752. The number of halogens is 2. The van der Waals surface area contributed by atoms with Crippen molar-refractivity contribution < 1.29 is 4.79 Å². The third kappa shape index (κ3) is 4.00. The molecule has 0 bridgehead atoms. The number of aromatic nitrogens is 1. The summed E-state index contributed by atoms with van der Waals surface area (Å²) in [4.78, 5) is 24.1. The van der Waals surface area contributed by atoms with E-state index >= 15 is 0 Å². The quantitative estimate of drug-likeness (QED) is 0.853. The van der Waals surface area contributed by atoms with Gasteiger partial charge in [0.15, 0.2) is 0 Å². The second-order valence-electron chi connectivity index (χ2n) is 4.63. The Morgan fingerprint density at radius 3 is 2.59 bits per heavy atom. The topological polar surface area (TPSA) is 51.1 Å². The molecule has 22 heavy (non-hydrogen) atoms. The van der Waals surface area contributed by atoms with Crippen LogP contribution in [0.4, 0.5) is 0 Å². The van der Waals surface area contributed by atoms with Crippen LogP contribution >= 0.6 is 23.2 Å². The van der Waals surface area contributed by atoms with E-state index in [0.717, 1.165) is 5.56 Å². The average Bonchev–Trinajstić information content (AvgIpc) is 2.51. The van der Waals surface area contributed by atoms with Crippen LogP contribution in [0.2, 0.25) is 10.0 Å². The fourth-order valence-electron chi connectivity index (χ4n) is 1.89. The van der Waals surface area contributed by atoms with Crippen molar-refractivity contribution in [2.24, 2.45) is 0 Å². The van der Waals surface area contributed by atoms with E-state index in [0.29, 0.717) is 23.7 Å². The third-order valence-electron chi connectivity index (χ3n) is 2.98. The first-order valence-electron chi connectivity index (χ1n) is 6.55. The minimum Gasteiger partial charge on any atom is -0.349 e. The van der Waals surface area contributed by atoms with Gasteiger partial charge in [-0.15, -0.1) is 6.58 Å². The molecule has 0 unspecified atom stereocenters. The average molecular weight is 337 g/mol. The normalized spacial score (nSPS) is 10.3. The van der Waals surface area contributed by atoms with Crippen molar-refractivity contribution >= 4 is 29.1 Å². The van der Waals surface area contributed by atoms with Gasteiger partial charge in [-0.25, -0.2) is 0 Å². The van der Waals surface area contributed by atoms with E-state index in [1.165, 1.54) is 16.8 Å². The van der Waals surface area contributed by atoms with Gasteiger partial charge in [0.2, 0.25) is 0 Å². The molecule has 2 rings (SSSR count). The molecule has 6 heteroatoms. The summed E-state index contributed by atoms with van der Waals surface area (Å²) in [6.45, 7) is 4.18. The number of benzene rings is 1. The summed E-state index contributed by atoms with van der Waals surface area (Å²) in [7, 11) is 0. The molecular weight excluding hydrogens is 323 g/mol. The smallest absolute Gasteiger partial charge is 0.269 e. The van der Waals surface area contributed by atoms with Crippen LogP contribution in [0.15, 0.2) is 54.0 Å². The number of nitrogens with zero attached hydrogens (tertiary/aromatic N) is 1. The van der Waals surface area contributed by atoms with Crippen LogP contribution in [0, 0.1) is 0 Å². The molecule has 0 aliphatic carbocycles. The number of rotatable bonds is 5. The van der Waals surface area contributed by atoms with Crippen molar-refractivity contribution in [1.82, 2.24) is 9.88 Å². The van der Waals surface area contributed by atoms with Gasteiger partial charge >= 0.3 is 0 Å². The molecule has 114 valence electrons. The highest BCUT2D eigenvalue weighted by Crippen LogP contribution is 2.12. The maximum Gasteiger partial charge on any atom is 0.269 e. The third-order valence-corrected chi connectivity index (χ3v) is 3.50. The van der Waals surface area contributed by atoms with Crippen molar-refractivity contribution in [3.8, 4) is 0 Å². The molecule has 2 aromatic rings. The fourth-order valence-corrected chi connectivity index (χ4v) is 2.25. The van der Waals surface area contributed by atoms with Gasteiger partial charge in [-0.3, -0.25) is 9.59 Å². The summed E-state index contributed by atoms with van der Waals surface area (Å²) >= 11 is 11.8. The number of hydrogen-bond donors (Lipinski definition) is 1. The van der Waals surface area contributed by atoms with Crippen LogP contribution in [0.25, 0.3) is 0 Å². The van der Waals surface area contributed by atoms with Gasteiger partial charge in [-0.1, -0.05) is 41.4 Å². The van der Waals surface area contributed by atoms with Crippen LogP contribution in [0.1, 0.15) is 15.9 Å². The van der Waals surface area contributed by atoms with E-state index < -0.39 is 0 Å². The van der Waals surface area contributed by atoms with E-state index in [9.17, 15) is 9.59 Å². The Balaban J connectivity index is 2.32. The van der Waals surface area contributed by atoms with E-state index in [4.69, 9.17) is 23.2 Å². The minimum atomic E-state index is -0.350. The molecule has 0 aliphatic heterocycles. The predicted octanol–water partition coefficient (Wildman–Crippen LogP) is 3.12. The second kappa shape index (κ2) is 7.29. The number of carbonyl (C=O) groups excluding carboxylic acids is 1. The van der Waals surface area contributed by atoms with Crippen LogP contribution in [-0.2, 0) is 6.54 Å². The number of carbonyl (C=O) groups is 1. The molecule has 0 spiro atoms. The SMILES string of the molecule is C=CCNC(=O)c1cc(Cl)c(=O)n(Cc2ccc(Cl)cc2)c1. The maximum atomic E-state index is 12.1. The van der Waals surface area contributed by atoms with Gasteiger partial charge < -0.3 is 9.88 Å². The molecule has 1 amide bonds. The van der Waals surface area contributed by atoms with Gasteiger partial charge in [0.05, 0.1) is 12.1 Å². The van der Waals surface area contributed by atoms with Gasteiger partial charge in [0.25, 0.3) is 11.5 Å². The summed E-state index contributed by atoms with van der Waals surface area (Å²) in [6.07, 6.45) is 3.06. The summed E-state index contributed by atoms with van der Waals surface area (Å²) < 4.78 is 1.40. The highest BCUT2D eigenvalue weighted by Gasteiger charge is 2.11. The Morgan fingerprint density at radius 1 is 1.27 bits per heavy atom. The first-order chi connectivity index (χ1) is 10.5. The molecule has 0 aliphatic rings. The molecule has 0 fully saturated rings. The zero-order chi connectivity index (χ0) is 16.1. The van der Waals surface area contributed by atoms with Gasteiger partial charge in [-0.2, -0.15) is 0 Å². The molecule has 0 saturated carbocycles. The van der Waals surface area contributed by atoms with Crippen LogP contribution in [0.3, 0.4) is 0 Å². The highest BCUT2D eigenvalue weighted by molar-refractivity contribution is 6.31. The van der Waals surface area contributed by atoms with Crippen molar-refractivity contribution in [2.45, 2.75) is 6.54 Å². The molecule has 4 nitrogen and oxygen atoms in total. The van der Waals surface area contributed by atoms with Crippen molar-refractivity contribution in [3.05, 3.63) is 80.7 Å². The minimum absolute atomic E-state index is 0.000201. The van der Waals surface area contributed by atoms with Crippen LogP contribution < -0.4 is 10.9 Å². The molecule has 1 aromatic heterocycles. The molecule has 0 radical (unpaired) electrons. The van der Waals surface area contributed by atoms with Crippen molar-refractivity contribution in [3.63, 3.8) is 0 Å². The molecule has 1 aromatic carbocycles. The van der Waals surface area contributed by atoms with Crippen LogP contribution in [0.5, 0.6) is 0 Å². The van der Waals surface area contributed by atoms with E-state index in [1.807, 2.05) is 12.1 Å². The van der Waals surface area contributed by atoms with Gasteiger partial charge in [-0.05, 0) is 23.8 Å². The number of hydrogen-bond acceptors (Lipinski definition) is 2. The Labute approximate surface area is 138 Å². The van der Waals surface area contributed by atoms with Crippen molar-refractivity contribution in [1.29, 1.82) is 0 Å². The molecule has 0 atom stereocenters. The Morgan fingerprint density at radius 2 is 1.95 bits per heavy atom. The molecule has 1 heterocycles. The first kappa shape index (κ1) is 16.3. The lowest BCUT2D eigenvalue weighted by Gasteiger charge is -2.10. The summed E-state index contributed by atoms with van der Waals surface area (Å²) in [5.41, 5.74) is 0.850. The molecule has 1 N–H and O–H groups in total. The van der Waals surface area contributed by atoms with Crippen LogP contribution in [-0.4, -0.2) is 17.0 Å². The Hall–Kier alpha value is -2.04. The predicted molar refractivity (Wildman–Crippen MR) is 88.8 cm³/mol. The summed E-state index contributed by atoms with van der Waals surface area (Å²) in [5, 5.41) is 3.26. The summed E-state index contributed by atoms with van der Waals surface area (Å²) in [5.74, 6) is -0.313. The lowest BCUT2D eigenvalue weighted by molar-refractivity contribution is 0.0957. The maximum absolute atomic E-state index is 12.1. The lowest BCUT2D eigenvalue weighted by atomic mass is 10.2. The zero-order valence-electron chi connectivity index (χ0n) is 11.7. The van der Waals surface area contributed by atoms with Gasteiger partial charge in [0, 0.05) is 17.8 Å². The van der Waals surface area contributed by atoms with E-state index in [-0.39, 0.29) is 16.5 Å². The lowest BCUT2D eigenvalue weighted by Crippen LogP contribution is -2.27. The number of nitrogens with one attached hydrogen (secondary N) is 1. The van der Waals surface area contributed by atoms with Crippen molar-refractivity contribution in [2.75, 3.05) is 6.54 Å². The highest BCUT2D eigenvalue weighted by atomic mass is 35.5. The first-order valence-corrected chi connectivity index (χ1v) is 7.30. The number of amides is 1. The second-order valence-corrected chi connectivity index (χ2v) is 5.48. The molecule has 0 saturated heterocycles. The standard InChI is InChI=1S/C16H14Cl2N2O2/c1-2-7-19-15(21)12-8-14(18)16(22)20(10-12)9-11-3-5-13(17)6-4-11/h2-6,8,10H,1,7,9H2,(H,19,21). The fraction of sp³-hybridized carbons (Fsp3) is 0.125. The monoisotopic (exact) mass is 336 g/mol. The summed E-state index contributed by atoms with van der Waals surface area (Å²) in [6, 6.07) is 8.47. The molecular formula is C16H14Cl2N2O2. The van der Waals surface area contributed by atoms with Gasteiger partial charge in [0.1, 0.15) is 5.02 Å². The van der Waals surface area contributed by atoms with E-state index in [1.54, 1.807) is 18.2 Å². The zero-order valence-corrected chi connectivity index (χ0v) is 13.2. The number of pyridine rings is 1. The van der Waals surface area contributed by atoms with E-state index in [2.05, 4.69) is 11.9 Å². The largest absolute Gasteiger partial charge is 0.349 e.